The topological polar surface area (TPSA) is 56.8 Å². The lowest BCUT2D eigenvalue weighted by Gasteiger charge is -2.14. The predicted molar refractivity (Wildman–Crippen MR) is 87.3 cm³/mol. The summed E-state index contributed by atoms with van der Waals surface area (Å²) in [6.45, 7) is 1.87. The van der Waals surface area contributed by atoms with E-state index in [0.29, 0.717) is 16.4 Å². The molecule has 0 radical (unpaired) electrons. The molecule has 0 aliphatic carbocycles. The Morgan fingerprint density at radius 2 is 1.59 bits per heavy atom. The Morgan fingerprint density at radius 1 is 0.909 bits per heavy atom. The molecular weight excluding hydrogens is 302 g/mol. The van der Waals surface area contributed by atoms with Crippen molar-refractivity contribution in [1.29, 1.82) is 0 Å². The van der Waals surface area contributed by atoms with Gasteiger partial charge in [-0.1, -0.05) is 0 Å². The van der Waals surface area contributed by atoms with Crippen LogP contribution < -0.4 is 18.9 Å². The number of anilines is 1. The summed E-state index contributed by atoms with van der Waals surface area (Å²) in [5.41, 5.74) is 1.54. The normalized spacial score (nSPS) is 11.6. The van der Waals surface area contributed by atoms with Gasteiger partial charge in [-0.2, -0.15) is 0 Å². The Balaban J connectivity index is 2.27. The molecule has 2 aromatic carbocycles. The molecule has 0 aliphatic rings. The first-order valence-corrected chi connectivity index (χ1v) is 7.79. The Kier molecular flexibility index (Phi) is 5.27. The van der Waals surface area contributed by atoms with Crippen LogP contribution in [0.15, 0.2) is 41.3 Å². The van der Waals surface area contributed by atoms with Gasteiger partial charge in [0.1, 0.15) is 22.1 Å². The summed E-state index contributed by atoms with van der Waals surface area (Å²) in [6, 6.07) is 10.7. The molecule has 0 unspecified atom stereocenters. The summed E-state index contributed by atoms with van der Waals surface area (Å²) in [7, 11) is 3.30. The fourth-order valence-electron chi connectivity index (χ4n) is 2.09. The first-order chi connectivity index (χ1) is 10.6. The molecule has 0 saturated heterocycles. The lowest BCUT2D eigenvalue weighted by molar-refractivity contribution is 0.381. The molecule has 0 heterocycles. The van der Waals surface area contributed by atoms with Gasteiger partial charge in [-0.25, -0.2) is 4.21 Å². The monoisotopic (exact) mass is 321 g/mol. The highest BCUT2D eigenvalue weighted by Gasteiger charge is 2.16. The Hall–Kier alpha value is -2.21. The third kappa shape index (κ3) is 3.33. The van der Waals surface area contributed by atoms with Gasteiger partial charge in [0.15, 0.2) is 11.0 Å². The van der Waals surface area contributed by atoms with Crippen molar-refractivity contribution < 1.29 is 18.4 Å². The molecule has 0 spiro atoms. The fourth-order valence-corrected chi connectivity index (χ4v) is 3.15. The van der Waals surface area contributed by atoms with Crippen LogP contribution in [0.25, 0.3) is 0 Å². The van der Waals surface area contributed by atoms with Crippen LogP contribution in [-0.4, -0.2) is 25.5 Å². The van der Waals surface area contributed by atoms with Crippen molar-refractivity contribution in [3.8, 4) is 17.2 Å². The first-order valence-electron chi connectivity index (χ1n) is 6.64. The Bertz CT molecular complexity index is 671. The minimum atomic E-state index is -1.45. The molecule has 0 saturated carbocycles. The molecule has 0 aromatic heterocycles. The van der Waals surface area contributed by atoms with Crippen LogP contribution in [0.2, 0.25) is 0 Å². The SMILES string of the molecule is COc1ccc(N[S@@](=O)c2ccc(OC)c(C)c2OC)cc1. The minimum Gasteiger partial charge on any atom is -0.497 e. The highest BCUT2D eigenvalue weighted by molar-refractivity contribution is 7.86. The van der Waals surface area contributed by atoms with Crippen LogP contribution in [0.3, 0.4) is 0 Å². The minimum absolute atomic E-state index is 0.554. The van der Waals surface area contributed by atoms with E-state index in [4.69, 9.17) is 14.2 Å². The Morgan fingerprint density at radius 3 is 2.14 bits per heavy atom. The summed E-state index contributed by atoms with van der Waals surface area (Å²) in [5.74, 6) is 2.00. The standard InChI is InChI=1S/C16H19NO4S/c1-11-14(20-3)9-10-15(16(11)21-4)22(18)17-12-5-7-13(19-2)8-6-12/h5-10,17H,1-4H3/t22-/m0/s1. The first kappa shape index (κ1) is 16.2. The quantitative estimate of drug-likeness (QED) is 0.888. The number of benzene rings is 2. The van der Waals surface area contributed by atoms with Crippen LogP contribution in [0.5, 0.6) is 17.2 Å². The van der Waals surface area contributed by atoms with E-state index in [1.165, 1.54) is 0 Å². The van der Waals surface area contributed by atoms with Gasteiger partial charge in [0.05, 0.1) is 21.3 Å². The molecule has 0 bridgehead atoms. The largest absolute Gasteiger partial charge is 0.497 e. The number of ether oxygens (including phenoxy) is 3. The summed E-state index contributed by atoms with van der Waals surface area (Å²) in [6.07, 6.45) is 0. The smallest absolute Gasteiger partial charge is 0.154 e. The number of methoxy groups -OCH3 is 3. The summed E-state index contributed by atoms with van der Waals surface area (Å²) in [4.78, 5) is 0.566. The van der Waals surface area contributed by atoms with Gasteiger partial charge in [0.25, 0.3) is 0 Å². The van der Waals surface area contributed by atoms with E-state index in [1.807, 2.05) is 6.92 Å². The molecule has 22 heavy (non-hydrogen) atoms. The van der Waals surface area contributed by atoms with Crippen LogP contribution in [-0.2, 0) is 11.0 Å². The number of hydrogen-bond donors (Lipinski definition) is 1. The van der Waals surface area contributed by atoms with Crippen molar-refractivity contribution in [2.24, 2.45) is 0 Å². The van der Waals surface area contributed by atoms with E-state index in [1.54, 1.807) is 57.7 Å². The highest BCUT2D eigenvalue weighted by Crippen LogP contribution is 2.33. The molecule has 0 amide bonds. The van der Waals surface area contributed by atoms with E-state index >= 15 is 0 Å². The van der Waals surface area contributed by atoms with Crippen LogP contribution in [0.4, 0.5) is 5.69 Å². The molecular formula is C16H19NO4S. The van der Waals surface area contributed by atoms with Crippen LogP contribution >= 0.6 is 0 Å². The van der Waals surface area contributed by atoms with E-state index in [-0.39, 0.29) is 0 Å². The van der Waals surface area contributed by atoms with Crippen LogP contribution in [0.1, 0.15) is 5.56 Å². The van der Waals surface area contributed by atoms with Crippen molar-refractivity contribution in [2.75, 3.05) is 26.1 Å². The lowest BCUT2D eigenvalue weighted by atomic mass is 10.2. The molecule has 1 N–H and O–H groups in total. The number of rotatable bonds is 6. The fraction of sp³-hybridized carbons (Fsp3) is 0.250. The number of nitrogens with one attached hydrogen (secondary N) is 1. The summed E-state index contributed by atoms with van der Waals surface area (Å²) >= 11 is 0. The van der Waals surface area contributed by atoms with E-state index in [9.17, 15) is 4.21 Å². The second kappa shape index (κ2) is 7.17. The average molecular weight is 321 g/mol. The molecule has 2 rings (SSSR count). The van der Waals surface area contributed by atoms with Gasteiger partial charge < -0.3 is 18.9 Å². The van der Waals surface area contributed by atoms with Gasteiger partial charge >= 0.3 is 0 Å². The number of hydrogen-bond acceptors (Lipinski definition) is 4. The molecule has 0 aliphatic heterocycles. The van der Waals surface area contributed by atoms with E-state index in [0.717, 1.165) is 17.0 Å². The third-order valence-corrected chi connectivity index (χ3v) is 4.39. The van der Waals surface area contributed by atoms with E-state index in [2.05, 4.69) is 4.72 Å². The van der Waals surface area contributed by atoms with Gasteiger partial charge in [-0.15, -0.1) is 0 Å². The van der Waals surface area contributed by atoms with Crippen molar-refractivity contribution >= 4 is 16.7 Å². The van der Waals surface area contributed by atoms with Gasteiger partial charge in [-0.3, -0.25) is 0 Å². The molecule has 1 atom stereocenters. The second-order valence-corrected chi connectivity index (χ2v) is 5.70. The van der Waals surface area contributed by atoms with Gasteiger partial charge in [0, 0.05) is 11.3 Å². The molecule has 118 valence electrons. The molecule has 0 fully saturated rings. The molecule has 2 aromatic rings. The van der Waals surface area contributed by atoms with Crippen molar-refractivity contribution in [2.45, 2.75) is 11.8 Å². The summed E-state index contributed by atoms with van der Waals surface area (Å²) in [5, 5.41) is 0. The van der Waals surface area contributed by atoms with Gasteiger partial charge in [0.2, 0.25) is 0 Å². The maximum absolute atomic E-state index is 12.5. The average Bonchev–Trinajstić information content (AvgIpc) is 2.55. The predicted octanol–water partition coefficient (Wildman–Crippen LogP) is 3.16. The van der Waals surface area contributed by atoms with Gasteiger partial charge in [-0.05, 0) is 43.3 Å². The van der Waals surface area contributed by atoms with Crippen molar-refractivity contribution in [3.63, 3.8) is 0 Å². The van der Waals surface area contributed by atoms with Crippen LogP contribution in [0, 0.1) is 6.92 Å². The zero-order chi connectivity index (χ0) is 16.1. The second-order valence-electron chi connectivity index (χ2n) is 4.52. The maximum Gasteiger partial charge on any atom is 0.154 e. The van der Waals surface area contributed by atoms with E-state index < -0.39 is 11.0 Å². The zero-order valence-electron chi connectivity index (χ0n) is 13.0. The Labute approximate surface area is 132 Å². The third-order valence-electron chi connectivity index (χ3n) is 3.24. The highest BCUT2D eigenvalue weighted by atomic mass is 32.2. The lowest BCUT2D eigenvalue weighted by Crippen LogP contribution is -2.07. The van der Waals surface area contributed by atoms with Crippen molar-refractivity contribution in [1.82, 2.24) is 0 Å². The molecule has 5 nitrogen and oxygen atoms in total. The summed E-state index contributed by atoms with van der Waals surface area (Å²) < 4.78 is 31.2. The zero-order valence-corrected chi connectivity index (χ0v) is 13.8. The maximum atomic E-state index is 12.5. The molecule has 6 heteroatoms. The van der Waals surface area contributed by atoms with Crippen molar-refractivity contribution in [3.05, 3.63) is 42.0 Å².